The molecule has 22 heavy (non-hydrogen) atoms. The van der Waals surface area contributed by atoms with Gasteiger partial charge in [0, 0.05) is 18.1 Å². The fraction of sp³-hybridized carbons (Fsp3) is 0.444. The minimum absolute atomic E-state index is 0.0176. The van der Waals surface area contributed by atoms with Crippen LogP contribution in [0.5, 0.6) is 5.75 Å². The van der Waals surface area contributed by atoms with Crippen molar-refractivity contribution in [2.75, 3.05) is 0 Å². The molecule has 0 saturated heterocycles. The molecular formula is C18H24N2O2. The van der Waals surface area contributed by atoms with Crippen molar-refractivity contribution in [1.29, 1.82) is 0 Å². The monoisotopic (exact) mass is 300 g/mol. The summed E-state index contributed by atoms with van der Waals surface area (Å²) in [6.07, 6.45) is 2.36. The highest BCUT2D eigenvalue weighted by atomic mass is 16.3. The Bertz CT molecular complexity index is 780. The van der Waals surface area contributed by atoms with Gasteiger partial charge in [-0.15, -0.1) is 0 Å². The minimum atomic E-state index is -0.296. The number of para-hydroxylation sites is 1. The number of hydrogen-bond donors (Lipinski definition) is 1. The number of aromatic nitrogens is 1. The Morgan fingerprint density at radius 1 is 1.32 bits per heavy atom. The second-order valence-corrected chi connectivity index (χ2v) is 6.62. The van der Waals surface area contributed by atoms with Crippen LogP contribution in [0.2, 0.25) is 0 Å². The van der Waals surface area contributed by atoms with Gasteiger partial charge in [-0.2, -0.15) is 0 Å². The van der Waals surface area contributed by atoms with Gasteiger partial charge in [0.25, 0.3) is 5.56 Å². The van der Waals surface area contributed by atoms with Crippen LogP contribution in [0.1, 0.15) is 45.2 Å². The SMILES string of the molecule is CCCn1c(=O)c(C=NC(C)(C)C)c(O)c2cccc(C)c21. The third kappa shape index (κ3) is 3.06. The molecule has 0 spiro atoms. The molecule has 2 rings (SSSR count). The molecule has 1 aromatic carbocycles. The molecule has 0 radical (unpaired) electrons. The van der Waals surface area contributed by atoms with Crippen molar-refractivity contribution in [3.63, 3.8) is 0 Å². The first-order valence-corrected chi connectivity index (χ1v) is 7.66. The smallest absolute Gasteiger partial charge is 0.263 e. The van der Waals surface area contributed by atoms with Crippen LogP contribution in [0.15, 0.2) is 28.0 Å². The molecule has 1 heterocycles. The van der Waals surface area contributed by atoms with Gasteiger partial charge in [0.1, 0.15) is 11.3 Å². The van der Waals surface area contributed by atoms with Crippen molar-refractivity contribution in [1.82, 2.24) is 4.57 Å². The molecule has 4 nitrogen and oxygen atoms in total. The van der Waals surface area contributed by atoms with E-state index in [4.69, 9.17) is 0 Å². The van der Waals surface area contributed by atoms with Gasteiger partial charge in [0.05, 0.1) is 11.1 Å². The molecule has 0 bridgehead atoms. The van der Waals surface area contributed by atoms with Crippen LogP contribution in [-0.4, -0.2) is 21.4 Å². The zero-order chi connectivity index (χ0) is 16.5. The minimum Gasteiger partial charge on any atom is -0.506 e. The lowest BCUT2D eigenvalue weighted by Gasteiger charge is -2.16. The average Bonchev–Trinajstić information content (AvgIpc) is 2.42. The van der Waals surface area contributed by atoms with Gasteiger partial charge in [-0.1, -0.05) is 19.1 Å². The average molecular weight is 300 g/mol. The van der Waals surface area contributed by atoms with E-state index < -0.39 is 0 Å². The third-order valence-electron chi connectivity index (χ3n) is 3.52. The van der Waals surface area contributed by atoms with E-state index in [1.165, 1.54) is 6.21 Å². The summed E-state index contributed by atoms with van der Waals surface area (Å²) in [6.45, 7) is 10.5. The van der Waals surface area contributed by atoms with Crippen LogP contribution < -0.4 is 5.56 Å². The van der Waals surface area contributed by atoms with E-state index in [1.807, 2.05) is 52.8 Å². The summed E-state index contributed by atoms with van der Waals surface area (Å²) in [5.74, 6) is 0.0176. The molecule has 0 atom stereocenters. The zero-order valence-electron chi connectivity index (χ0n) is 14.0. The van der Waals surface area contributed by atoms with Crippen molar-refractivity contribution >= 4 is 17.1 Å². The second-order valence-electron chi connectivity index (χ2n) is 6.62. The summed E-state index contributed by atoms with van der Waals surface area (Å²) in [4.78, 5) is 17.2. The maximum absolute atomic E-state index is 12.8. The fourth-order valence-corrected chi connectivity index (χ4v) is 2.51. The summed E-state index contributed by atoms with van der Waals surface area (Å²) in [5.41, 5.74) is 1.57. The van der Waals surface area contributed by atoms with Crippen molar-refractivity contribution < 1.29 is 5.11 Å². The van der Waals surface area contributed by atoms with Crippen molar-refractivity contribution in [2.24, 2.45) is 4.99 Å². The van der Waals surface area contributed by atoms with Gasteiger partial charge in [0.15, 0.2) is 0 Å². The van der Waals surface area contributed by atoms with Crippen molar-refractivity contribution in [2.45, 2.75) is 53.1 Å². The topological polar surface area (TPSA) is 54.6 Å². The molecule has 0 unspecified atom stereocenters. The van der Waals surface area contributed by atoms with Crippen LogP contribution in [0.4, 0.5) is 0 Å². The molecule has 0 fully saturated rings. The lowest BCUT2D eigenvalue weighted by Crippen LogP contribution is -2.25. The fourth-order valence-electron chi connectivity index (χ4n) is 2.51. The lowest BCUT2D eigenvalue weighted by atomic mass is 10.1. The molecule has 1 aromatic heterocycles. The summed E-state index contributed by atoms with van der Waals surface area (Å²) in [6, 6.07) is 5.69. The number of fused-ring (bicyclic) bond motifs is 1. The quantitative estimate of drug-likeness (QED) is 0.880. The Labute approximate surface area is 131 Å². The van der Waals surface area contributed by atoms with E-state index in [9.17, 15) is 9.90 Å². The van der Waals surface area contributed by atoms with Crippen molar-refractivity contribution in [3.8, 4) is 5.75 Å². The highest BCUT2D eigenvalue weighted by molar-refractivity contribution is 5.96. The van der Waals surface area contributed by atoms with E-state index in [0.29, 0.717) is 11.9 Å². The molecule has 118 valence electrons. The molecule has 1 N–H and O–H groups in total. The molecule has 0 saturated carbocycles. The number of rotatable bonds is 3. The lowest BCUT2D eigenvalue weighted by molar-refractivity contribution is 0.477. The van der Waals surface area contributed by atoms with Crippen LogP contribution in [0.25, 0.3) is 10.9 Å². The normalized spacial score (nSPS) is 12.4. The second kappa shape index (κ2) is 5.95. The first kappa shape index (κ1) is 16.3. The number of aromatic hydroxyl groups is 1. The summed E-state index contributed by atoms with van der Waals surface area (Å²) >= 11 is 0. The van der Waals surface area contributed by atoms with Gasteiger partial charge < -0.3 is 9.67 Å². The number of aliphatic imine (C=N–C) groups is 1. The van der Waals surface area contributed by atoms with E-state index >= 15 is 0 Å². The summed E-state index contributed by atoms with van der Waals surface area (Å²) in [5, 5.41) is 11.2. The Kier molecular flexibility index (Phi) is 4.40. The number of benzene rings is 1. The van der Waals surface area contributed by atoms with Gasteiger partial charge in [-0.05, 0) is 45.7 Å². The van der Waals surface area contributed by atoms with Crippen LogP contribution in [0.3, 0.4) is 0 Å². The Morgan fingerprint density at radius 3 is 2.59 bits per heavy atom. The summed E-state index contributed by atoms with van der Waals surface area (Å²) in [7, 11) is 0. The van der Waals surface area contributed by atoms with E-state index in [-0.39, 0.29) is 22.4 Å². The number of pyridine rings is 1. The van der Waals surface area contributed by atoms with Crippen LogP contribution >= 0.6 is 0 Å². The molecule has 4 heteroatoms. The van der Waals surface area contributed by atoms with E-state index in [2.05, 4.69) is 4.99 Å². The maximum atomic E-state index is 12.8. The molecule has 0 aliphatic heterocycles. The first-order valence-electron chi connectivity index (χ1n) is 7.66. The van der Waals surface area contributed by atoms with E-state index in [1.54, 1.807) is 4.57 Å². The molecular weight excluding hydrogens is 276 g/mol. The van der Waals surface area contributed by atoms with Crippen molar-refractivity contribution in [3.05, 3.63) is 39.7 Å². The molecule has 2 aromatic rings. The van der Waals surface area contributed by atoms with E-state index in [0.717, 1.165) is 17.5 Å². The summed E-state index contributed by atoms with van der Waals surface area (Å²) < 4.78 is 1.74. The predicted molar refractivity (Wildman–Crippen MR) is 92.2 cm³/mol. The van der Waals surface area contributed by atoms with Crippen LogP contribution in [-0.2, 0) is 6.54 Å². The number of aryl methyl sites for hydroxylation is 2. The van der Waals surface area contributed by atoms with Crippen LogP contribution in [0, 0.1) is 6.92 Å². The first-order chi connectivity index (χ1) is 10.3. The Balaban J connectivity index is 2.84. The van der Waals surface area contributed by atoms with Gasteiger partial charge in [-0.3, -0.25) is 9.79 Å². The standard InChI is InChI=1S/C18H24N2O2/c1-6-10-20-15-12(2)8-7-9-13(15)16(21)14(17(20)22)11-19-18(3,4)5/h7-9,11,21H,6,10H2,1-5H3. The molecule has 0 amide bonds. The van der Waals surface area contributed by atoms with Gasteiger partial charge in [0.2, 0.25) is 0 Å². The Hall–Kier alpha value is -2.10. The maximum Gasteiger partial charge on any atom is 0.263 e. The third-order valence-corrected chi connectivity index (χ3v) is 3.52. The van der Waals surface area contributed by atoms with Gasteiger partial charge in [-0.25, -0.2) is 0 Å². The highest BCUT2D eigenvalue weighted by Crippen LogP contribution is 2.28. The largest absolute Gasteiger partial charge is 0.506 e. The Morgan fingerprint density at radius 2 is 2.00 bits per heavy atom. The number of nitrogens with zero attached hydrogens (tertiary/aromatic N) is 2. The highest BCUT2D eigenvalue weighted by Gasteiger charge is 2.16. The predicted octanol–water partition coefficient (Wildman–Crippen LogP) is 3.64. The molecule has 0 aliphatic carbocycles. The zero-order valence-corrected chi connectivity index (χ0v) is 14.0. The molecule has 0 aliphatic rings. The van der Waals surface area contributed by atoms with Gasteiger partial charge >= 0.3 is 0 Å². The number of hydrogen-bond acceptors (Lipinski definition) is 3.